The lowest BCUT2D eigenvalue weighted by atomic mass is 9.47. The van der Waals surface area contributed by atoms with Gasteiger partial charge in [-0.05, 0) is 198 Å². The van der Waals surface area contributed by atoms with Gasteiger partial charge in [0.05, 0.1) is 6.72 Å². The molecule has 0 unspecified atom stereocenters. The fourth-order valence-corrected chi connectivity index (χ4v) is 16.0. The van der Waals surface area contributed by atoms with Crippen LogP contribution in [0.4, 0.5) is 0 Å². The normalized spacial score (nSPS) is 29.8. The number of phenolic OH excluding ortho intramolecular Hbond substituents is 2. The molecule has 0 radical (unpaired) electrons. The molecule has 4 aromatic rings. The summed E-state index contributed by atoms with van der Waals surface area (Å²) in [5.41, 5.74) is 14.6. The van der Waals surface area contributed by atoms with Crippen molar-refractivity contribution in [3.63, 3.8) is 0 Å². The molecule has 2 N–H and O–H groups in total. The van der Waals surface area contributed by atoms with Crippen molar-refractivity contribution in [2.45, 2.75) is 180 Å². The largest absolute Gasteiger partial charge is 0.508 e. The Labute approximate surface area is 403 Å². The van der Waals surface area contributed by atoms with Gasteiger partial charge in [0.1, 0.15) is 17.5 Å². The summed E-state index contributed by atoms with van der Waals surface area (Å²) in [6.07, 6.45) is 22.1. The second kappa shape index (κ2) is 15.8. The van der Waals surface area contributed by atoms with E-state index in [1.54, 1.807) is 0 Å². The molecule has 8 fully saturated rings. The molecule has 8 saturated carbocycles. The first-order valence-corrected chi connectivity index (χ1v) is 26.6. The van der Waals surface area contributed by atoms with E-state index < -0.39 is 0 Å². The molecule has 4 aromatic carbocycles. The zero-order chi connectivity index (χ0) is 47.1. The van der Waals surface area contributed by atoms with Crippen molar-refractivity contribution in [1.29, 1.82) is 0 Å². The molecule has 9 aliphatic rings. The van der Waals surface area contributed by atoms with Crippen molar-refractivity contribution < 1.29 is 14.8 Å². The number of allylic oxidation sites excluding steroid dienone is 2. The van der Waals surface area contributed by atoms with Gasteiger partial charge in [-0.2, -0.15) is 0 Å². The molecule has 67 heavy (non-hydrogen) atoms. The van der Waals surface area contributed by atoms with Crippen LogP contribution in [0.2, 0.25) is 0 Å². The fourth-order valence-electron chi connectivity index (χ4n) is 16.0. The molecule has 1 heterocycles. The Kier molecular flexibility index (Phi) is 10.6. The second-order valence-electron chi connectivity index (χ2n) is 26.4. The lowest BCUT2D eigenvalue weighted by Gasteiger charge is -2.57. The molecule has 352 valence electrons. The van der Waals surface area contributed by atoms with E-state index in [1.807, 2.05) is 0 Å². The first kappa shape index (κ1) is 45.0. The summed E-state index contributed by atoms with van der Waals surface area (Å²) in [6.45, 7) is 28.0. The van der Waals surface area contributed by atoms with Gasteiger partial charge in [0.25, 0.3) is 0 Å². The highest BCUT2D eigenvalue weighted by Crippen LogP contribution is 2.65. The van der Waals surface area contributed by atoms with E-state index in [9.17, 15) is 10.2 Å². The Hall–Kier alpha value is -4.50. The van der Waals surface area contributed by atoms with Crippen LogP contribution >= 0.6 is 0 Å². The van der Waals surface area contributed by atoms with Gasteiger partial charge < -0.3 is 10.2 Å². The molecule has 0 saturated heterocycles. The quantitative estimate of drug-likeness (QED) is 0.137. The van der Waals surface area contributed by atoms with Crippen molar-refractivity contribution in [2.24, 2.45) is 35.5 Å². The molecular weight excluding hydrogens is 815 g/mol. The summed E-state index contributed by atoms with van der Waals surface area (Å²) in [5, 5.41) is 25.9. The number of phenols is 2. The van der Waals surface area contributed by atoms with Crippen molar-refractivity contribution >= 4 is 12.4 Å². The Bertz CT molecular complexity index is 2650. The molecular formula is C64H79NO2. The number of nitrogens with zero attached hydrogens (tertiary/aromatic N) is 1. The summed E-state index contributed by atoms with van der Waals surface area (Å²) in [5.74, 6) is 6.28. The van der Waals surface area contributed by atoms with Crippen LogP contribution in [0.5, 0.6) is 11.5 Å². The van der Waals surface area contributed by atoms with Gasteiger partial charge in [-0.1, -0.05) is 135 Å². The van der Waals surface area contributed by atoms with Crippen LogP contribution in [-0.4, -0.2) is 21.5 Å². The van der Waals surface area contributed by atoms with Crippen LogP contribution in [0.25, 0.3) is 28.0 Å². The van der Waals surface area contributed by atoms with Crippen molar-refractivity contribution in [3.8, 4) is 33.8 Å². The average molecular weight is 894 g/mol. The monoisotopic (exact) mass is 894 g/mol. The molecule has 8 bridgehead atoms. The molecule has 3 nitrogen and oxygen atoms in total. The Balaban J connectivity index is 1.05. The number of benzene rings is 4. The third-order valence-electron chi connectivity index (χ3n) is 18.8. The van der Waals surface area contributed by atoms with Crippen LogP contribution in [0.3, 0.4) is 0 Å². The number of hydrogen-bond donors (Lipinski definition) is 2. The van der Waals surface area contributed by atoms with Gasteiger partial charge in [0.2, 0.25) is 0 Å². The van der Waals surface area contributed by atoms with Gasteiger partial charge in [-0.15, -0.1) is 6.08 Å². The molecule has 13 rings (SSSR count). The standard InChI is InChI=1S/C64H79NO2/c1-37(2)45-15-17-49(53-27-47(61(5,6)7)29-55(59(53)66)63-31-39-19-40(32-63)21-41(20-39)33-63)51(25-45)57-13-12-14-58(65(57)11)52-26-46(38(3)4)16-18-50(52)54-28-48(62(8,9)10)30-56(60(54)67)64-34-42-22-43(35-64)24-44(23-42)36-64/h12-18,25-30,37-44,66-67H,11,19-24,31-36H2,1-10H3. The Morgan fingerprint density at radius 2 is 0.940 bits per heavy atom. The smallest absolute Gasteiger partial charge is 0.160 e. The maximum atomic E-state index is 12.9. The minimum atomic E-state index is -0.0904. The summed E-state index contributed by atoms with van der Waals surface area (Å²) in [4.78, 5) is 0. The van der Waals surface area contributed by atoms with Gasteiger partial charge >= 0.3 is 0 Å². The van der Waals surface area contributed by atoms with Crippen LogP contribution in [0.15, 0.2) is 78.9 Å². The average Bonchev–Trinajstić information content (AvgIpc) is 3.24. The number of aromatic hydroxyl groups is 2. The summed E-state index contributed by atoms with van der Waals surface area (Å²) in [6, 6.07) is 24.3. The van der Waals surface area contributed by atoms with E-state index in [-0.39, 0.29) is 21.7 Å². The van der Waals surface area contributed by atoms with Crippen LogP contribution in [-0.2, 0) is 21.7 Å². The van der Waals surface area contributed by atoms with E-state index in [2.05, 4.69) is 153 Å². The topological polar surface area (TPSA) is 43.5 Å². The minimum Gasteiger partial charge on any atom is -0.508 e. The maximum absolute atomic E-state index is 12.9. The summed E-state index contributed by atoms with van der Waals surface area (Å²) < 4.78 is 2.15. The first-order valence-electron chi connectivity index (χ1n) is 26.6. The number of rotatable bonds is 8. The zero-order valence-electron chi connectivity index (χ0n) is 42.7. The van der Waals surface area contributed by atoms with Crippen molar-refractivity contribution in [1.82, 2.24) is 0 Å². The van der Waals surface area contributed by atoms with Crippen LogP contribution < -0.4 is 0 Å². The molecule has 0 atom stereocenters. The van der Waals surface area contributed by atoms with E-state index >= 15 is 0 Å². The van der Waals surface area contributed by atoms with E-state index in [0.717, 1.165) is 80.6 Å². The van der Waals surface area contributed by atoms with Gasteiger partial charge in [-0.3, -0.25) is 0 Å². The van der Waals surface area contributed by atoms with Crippen LogP contribution in [0, 0.1) is 41.5 Å². The molecule has 1 aliphatic heterocycles. The van der Waals surface area contributed by atoms with Gasteiger partial charge in [0, 0.05) is 22.3 Å². The summed E-state index contributed by atoms with van der Waals surface area (Å²) >= 11 is 0. The lowest BCUT2D eigenvalue weighted by Crippen LogP contribution is -2.48. The highest BCUT2D eigenvalue weighted by Gasteiger charge is 2.54. The maximum Gasteiger partial charge on any atom is 0.160 e. The Morgan fingerprint density at radius 3 is 1.36 bits per heavy atom. The SMILES string of the molecule is C=[N+]1C(c2cc(C(C)C)ccc2-c2cc(C(C)(C)C)cc(C34CC5CC(CC(C5)C3)C4)c2O)=CC=C[C-]1c1cc(C(C)C)ccc1-c1cc(C(C)(C)C)cc(C23CC4CC(CC(C4)C2)C3)c1O. The highest BCUT2D eigenvalue weighted by atomic mass is 16.3. The van der Waals surface area contributed by atoms with Gasteiger partial charge in [0.15, 0.2) is 5.70 Å². The van der Waals surface area contributed by atoms with E-state index in [0.29, 0.717) is 23.3 Å². The lowest BCUT2D eigenvalue weighted by molar-refractivity contribution is -0.391. The van der Waals surface area contributed by atoms with E-state index in [1.165, 1.54) is 110 Å². The van der Waals surface area contributed by atoms with Crippen molar-refractivity contribution in [2.75, 3.05) is 0 Å². The van der Waals surface area contributed by atoms with E-state index in [4.69, 9.17) is 6.72 Å². The zero-order valence-corrected chi connectivity index (χ0v) is 42.7. The third-order valence-corrected chi connectivity index (χ3v) is 18.8. The Morgan fingerprint density at radius 1 is 0.537 bits per heavy atom. The molecule has 8 aliphatic carbocycles. The number of hydrogen-bond acceptors (Lipinski definition) is 2. The first-order chi connectivity index (χ1) is 31.7. The summed E-state index contributed by atoms with van der Waals surface area (Å²) in [7, 11) is 0. The highest BCUT2D eigenvalue weighted by molar-refractivity contribution is 5.86. The third kappa shape index (κ3) is 7.58. The van der Waals surface area contributed by atoms with Crippen molar-refractivity contribution in [3.05, 3.63) is 129 Å². The second-order valence-corrected chi connectivity index (χ2v) is 26.4. The predicted molar refractivity (Wildman–Crippen MR) is 279 cm³/mol. The predicted octanol–water partition coefficient (Wildman–Crippen LogP) is 16.4. The minimum absolute atomic E-state index is 0.0439. The molecule has 0 amide bonds. The van der Waals surface area contributed by atoms with Crippen LogP contribution in [0.1, 0.15) is 203 Å². The molecule has 0 spiro atoms. The fraction of sp³-hybridized carbons (Fsp3) is 0.531. The molecule has 3 heteroatoms. The van der Waals surface area contributed by atoms with Gasteiger partial charge in [-0.25, -0.2) is 4.58 Å². The molecule has 0 aromatic heterocycles.